The van der Waals surface area contributed by atoms with Gasteiger partial charge < -0.3 is 9.84 Å². The number of carboxylic acid groups (broad SMARTS) is 1. The second kappa shape index (κ2) is 10.5. The number of nitrogens with two attached hydrogens (primary N) is 1. The van der Waals surface area contributed by atoms with E-state index < -0.39 is 33.2 Å². The van der Waals surface area contributed by atoms with Crippen molar-refractivity contribution in [3.05, 3.63) is 112 Å². The van der Waals surface area contributed by atoms with Crippen molar-refractivity contribution in [2.75, 3.05) is 7.11 Å². The van der Waals surface area contributed by atoms with Crippen LogP contribution in [0.3, 0.4) is 0 Å². The maximum Gasteiger partial charge on any atom is 0.355 e. The number of sulfonamides is 1. The van der Waals surface area contributed by atoms with E-state index in [1.807, 2.05) is 0 Å². The number of primary sulfonamides is 1. The molecule has 0 amide bonds. The maximum atomic E-state index is 15.1. The third-order valence-electron chi connectivity index (χ3n) is 6.53. The molecular weight excluding hydrogens is 562 g/mol. The molecule has 0 aliphatic heterocycles. The topological polar surface area (TPSA) is 137 Å². The first-order chi connectivity index (χ1) is 19.0. The first kappa shape index (κ1) is 27.5. The van der Waals surface area contributed by atoms with Crippen molar-refractivity contribution in [3.63, 3.8) is 0 Å². The molecule has 1 aliphatic carbocycles. The zero-order chi connectivity index (χ0) is 28.7. The van der Waals surface area contributed by atoms with Crippen LogP contribution < -0.4 is 5.14 Å². The highest BCUT2D eigenvalue weighted by Crippen LogP contribution is 2.43. The molecule has 0 saturated carbocycles. The largest absolute Gasteiger partial charge is 0.476 e. The Morgan fingerprint density at radius 1 is 1.18 bits per heavy atom. The summed E-state index contributed by atoms with van der Waals surface area (Å²) < 4.78 is 59.4. The predicted molar refractivity (Wildman–Crippen MR) is 144 cm³/mol. The third kappa shape index (κ3) is 5.36. The maximum absolute atomic E-state index is 15.1. The van der Waals surface area contributed by atoms with Crippen LogP contribution in [0.2, 0.25) is 0 Å². The summed E-state index contributed by atoms with van der Waals surface area (Å²) in [7, 11) is -2.41. The Morgan fingerprint density at radius 3 is 2.48 bits per heavy atom. The van der Waals surface area contributed by atoms with Crippen LogP contribution in [0.4, 0.5) is 8.78 Å². The molecule has 0 radical (unpaired) electrons. The number of thiazole rings is 1. The van der Waals surface area contributed by atoms with Crippen molar-refractivity contribution >= 4 is 32.9 Å². The summed E-state index contributed by atoms with van der Waals surface area (Å²) in [5, 5.41) is 20.9. The molecule has 0 spiro atoms. The SMILES string of the molecule is COC1(c2nn(-c3nc(C(=O)O)cs3)cc2Cc2ccc(S(N)(=O)=O)cc2)C=CC(F)=C(c2ccc(F)cc2)C1. The number of rotatable bonds is 8. The van der Waals surface area contributed by atoms with Gasteiger partial charge in [0.15, 0.2) is 5.69 Å². The van der Waals surface area contributed by atoms with E-state index in [0.717, 1.165) is 16.9 Å². The number of nitrogens with zero attached hydrogens (tertiary/aromatic N) is 3. The van der Waals surface area contributed by atoms with E-state index in [2.05, 4.69) is 4.98 Å². The molecule has 2 aromatic carbocycles. The Hall–Kier alpha value is -4.04. The van der Waals surface area contributed by atoms with Crippen molar-refractivity contribution in [1.82, 2.24) is 14.8 Å². The monoisotopic (exact) mass is 584 g/mol. The van der Waals surface area contributed by atoms with Crippen LogP contribution in [0.1, 0.15) is 39.3 Å². The quantitative estimate of drug-likeness (QED) is 0.309. The van der Waals surface area contributed by atoms with E-state index in [1.54, 1.807) is 24.4 Å². The number of hydrogen-bond acceptors (Lipinski definition) is 7. The molecule has 5 rings (SSSR count). The first-order valence-electron chi connectivity index (χ1n) is 11.8. The highest BCUT2D eigenvalue weighted by Gasteiger charge is 2.39. The average Bonchev–Trinajstić information content (AvgIpc) is 3.58. The van der Waals surface area contributed by atoms with E-state index in [1.165, 1.54) is 59.6 Å². The number of ether oxygens (including phenoxy) is 1. The number of allylic oxidation sites excluding steroid dienone is 2. The van der Waals surface area contributed by atoms with Gasteiger partial charge in [-0.3, -0.25) is 0 Å². The third-order valence-corrected chi connectivity index (χ3v) is 8.29. The number of aromatic nitrogens is 3. The van der Waals surface area contributed by atoms with E-state index in [4.69, 9.17) is 15.0 Å². The lowest BCUT2D eigenvalue weighted by molar-refractivity contribution is 0.0274. The fraction of sp³-hybridized carbons (Fsp3) is 0.148. The molecule has 2 aromatic heterocycles. The Bertz CT molecular complexity index is 1760. The van der Waals surface area contributed by atoms with Gasteiger partial charge in [-0.05, 0) is 53.1 Å². The molecule has 1 aliphatic rings. The number of carboxylic acids is 1. The van der Waals surface area contributed by atoms with Crippen molar-refractivity contribution in [2.45, 2.75) is 23.3 Å². The van der Waals surface area contributed by atoms with Crippen LogP contribution in [0, 0.1) is 5.82 Å². The van der Waals surface area contributed by atoms with Gasteiger partial charge in [0.05, 0.1) is 4.90 Å². The number of methoxy groups -OCH3 is 1. The normalized spacial score (nSPS) is 17.4. The lowest BCUT2D eigenvalue weighted by atomic mass is 9.81. The lowest BCUT2D eigenvalue weighted by Gasteiger charge is -2.32. The number of hydrogen-bond donors (Lipinski definition) is 2. The molecule has 1 atom stereocenters. The standard InChI is InChI=1S/C27H22F2N4O5S2/c1-38-27(11-10-22(29)21(13-27)17-4-6-19(28)7-5-17)24-18(12-16-2-8-20(9-3-16)40(30,36)37)14-33(32-24)26-31-23(15-39-26)25(34)35/h2-11,14-15H,12-13H2,1H3,(H,34,35)(H2,30,36,37). The van der Waals surface area contributed by atoms with Crippen LogP contribution in [-0.4, -0.2) is 41.4 Å². The predicted octanol–water partition coefficient (Wildman–Crippen LogP) is 4.59. The van der Waals surface area contributed by atoms with Gasteiger partial charge in [-0.2, -0.15) is 5.10 Å². The average molecular weight is 585 g/mol. The molecule has 40 heavy (non-hydrogen) atoms. The summed E-state index contributed by atoms with van der Waals surface area (Å²) in [5.41, 5.74) is 1.18. The van der Waals surface area contributed by atoms with Gasteiger partial charge in [0.25, 0.3) is 0 Å². The van der Waals surface area contributed by atoms with Crippen molar-refractivity contribution in [3.8, 4) is 5.13 Å². The van der Waals surface area contributed by atoms with Crippen LogP contribution in [0.15, 0.2) is 83.0 Å². The van der Waals surface area contributed by atoms with E-state index in [0.29, 0.717) is 27.5 Å². The summed E-state index contributed by atoms with van der Waals surface area (Å²) >= 11 is 1.08. The van der Waals surface area contributed by atoms with E-state index in [9.17, 15) is 22.7 Å². The summed E-state index contributed by atoms with van der Waals surface area (Å²) in [4.78, 5) is 15.5. The molecule has 1 unspecified atom stereocenters. The molecule has 3 N–H and O–H groups in total. The summed E-state index contributed by atoms with van der Waals surface area (Å²) in [6.45, 7) is 0. The highest BCUT2D eigenvalue weighted by atomic mass is 32.2. The molecule has 2 heterocycles. The van der Waals surface area contributed by atoms with E-state index in [-0.39, 0.29) is 23.4 Å². The second-order valence-corrected chi connectivity index (χ2v) is 11.5. The highest BCUT2D eigenvalue weighted by molar-refractivity contribution is 7.89. The molecule has 0 bridgehead atoms. The van der Waals surface area contributed by atoms with Crippen LogP contribution in [-0.2, 0) is 26.8 Å². The van der Waals surface area contributed by atoms with E-state index >= 15 is 4.39 Å². The Kier molecular flexibility index (Phi) is 7.23. The number of carbonyl (C=O) groups is 1. The lowest BCUT2D eigenvalue weighted by Crippen LogP contribution is -2.30. The molecular formula is C27H22F2N4O5S2. The number of aromatic carboxylic acids is 1. The van der Waals surface area contributed by atoms with Crippen LogP contribution in [0.25, 0.3) is 10.7 Å². The Labute approximate surface area is 231 Å². The van der Waals surface area contributed by atoms with Crippen LogP contribution >= 0.6 is 11.3 Å². The minimum atomic E-state index is -3.87. The molecule has 4 aromatic rings. The molecule has 0 saturated heterocycles. The van der Waals surface area contributed by atoms with Gasteiger partial charge in [0.2, 0.25) is 15.2 Å². The summed E-state index contributed by atoms with van der Waals surface area (Å²) in [6.07, 6.45) is 4.81. The van der Waals surface area contributed by atoms with Gasteiger partial charge in [-0.15, -0.1) is 11.3 Å². The number of halogens is 2. The zero-order valence-corrected chi connectivity index (χ0v) is 22.5. The van der Waals surface area contributed by atoms with Gasteiger partial charge in [-0.1, -0.05) is 24.3 Å². The van der Waals surface area contributed by atoms with Crippen molar-refractivity contribution in [2.24, 2.45) is 5.14 Å². The first-order valence-corrected chi connectivity index (χ1v) is 14.2. The molecule has 13 heteroatoms. The van der Waals surface area contributed by atoms with Gasteiger partial charge in [0, 0.05) is 37.1 Å². The fourth-order valence-electron chi connectivity index (χ4n) is 4.48. The molecule has 0 fully saturated rings. The molecule has 206 valence electrons. The van der Waals surface area contributed by atoms with Gasteiger partial charge in [0.1, 0.15) is 22.9 Å². The van der Waals surface area contributed by atoms with Crippen LogP contribution in [0.5, 0.6) is 0 Å². The van der Waals surface area contributed by atoms with Crippen molar-refractivity contribution in [1.29, 1.82) is 0 Å². The van der Waals surface area contributed by atoms with Crippen molar-refractivity contribution < 1.29 is 31.8 Å². The Morgan fingerprint density at radius 2 is 1.88 bits per heavy atom. The zero-order valence-electron chi connectivity index (χ0n) is 20.9. The second-order valence-electron chi connectivity index (χ2n) is 9.07. The summed E-state index contributed by atoms with van der Waals surface area (Å²) in [5.74, 6) is -2.13. The minimum absolute atomic E-state index is 0.0318. The summed E-state index contributed by atoms with van der Waals surface area (Å²) in [6, 6.07) is 11.5. The smallest absolute Gasteiger partial charge is 0.355 e. The minimum Gasteiger partial charge on any atom is -0.476 e. The Balaban J connectivity index is 1.60. The fourth-order valence-corrected chi connectivity index (χ4v) is 5.72. The molecule has 9 nitrogen and oxygen atoms in total. The van der Waals surface area contributed by atoms with Gasteiger partial charge in [-0.25, -0.2) is 36.8 Å². The number of benzene rings is 2. The van der Waals surface area contributed by atoms with Gasteiger partial charge >= 0.3 is 5.97 Å².